The summed E-state index contributed by atoms with van der Waals surface area (Å²) in [4.78, 5) is 12.2. The first kappa shape index (κ1) is 14.5. The molecule has 120 valence electrons. The fourth-order valence-corrected chi connectivity index (χ4v) is 3.07. The van der Waals surface area contributed by atoms with E-state index in [1.807, 2.05) is 61.5 Å². The number of nitrogens with one attached hydrogen (secondary N) is 2. The van der Waals surface area contributed by atoms with Gasteiger partial charge in [0.2, 0.25) is 0 Å². The molecule has 1 aliphatic rings. The molecule has 5 nitrogen and oxygen atoms in total. The molecule has 0 fully saturated rings. The van der Waals surface area contributed by atoms with Crippen LogP contribution in [0.3, 0.4) is 0 Å². The maximum absolute atomic E-state index is 12.2. The molecule has 0 radical (unpaired) electrons. The molecule has 1 aromatic heterocycles. The monoisotopic (exact) mass is 319 g/mol. The third-order valence-electron chi connectivity index (χ3n) is 4.17. The molecule has 0 spiro atoms. The van der Waals surface area contributed by atoms with Gasteiger partial charge in [-0.15, -0.1) is 0 Å². The molecule has 1 unspecified atom stereocenters. The van der Waals surface area contributed by atoms with Crippen molar-refractivity contribution in [2.24, 2.45) is 0 Å². The molecule has 1 atom stereocenters. The lowest BCUT2D eigenvalue weighted by Gasteiger charge is -2.13. The Hall–Kier alpha value is -3.08. The van der Waals surface area contributed by atoms with Crippen LogP contribution >= 0.6 is 0 Å². The van der Waals surface area contributed by atoms with E-state index in [9.17, 15) is 4.79 Å². The second kappa shape index (κ2) is 5.85. The maximum atomic E-state index is 12.2. The van der Waals surface area contributed by atoms with E-state index < -0.39 is 0 Å². The van der Waals surface area contributed by atoms with E-state index in [0.717, 1.165) is 28.1 Å². The van der Waals surface area contributed by atoms with Crippen molar-refractivity contribution >= 4 is 5.91 Å². The van der Waals surface area contributed by atoms with Gasteiger partial charge in [-0.25, -0.2) is 0 Å². The molecule has 0 saturated carbocycles. The van der Waals surface area contributed by atoms with Crippen molar-refractivity contribution in [3.8, 4) is 17.0 Å². The van der Waals surface area contributed by atoms with Crippen LogP contribution in [-0.4, -0.2) is 22.7 Å². The number of aromatic nitrogens is 2. The number of H-pyrrole nitrogens is 1. The Morgan fingerprint density at radius 2 is 1.83 bits per heavy atom. The van der Waals surface area contributed by atoms with Gasteiger partial charge in [-0.1, -0.05) is 30.3 Å². The molecular formula is C19H17N3O2. The molecule has 3 aromatic rings. The highest BCUT2D eigenvalue weighted by molar-refractivity contribution is 6.00. The van der Waals surface area contributed by atoms with Crippen LogP contribution in [0.5, 0.6) is 5.75 Å². The Kier molecular flexibility index (Phi) is 3.54. The highest BCUT2D eigenvalue weighted by Gasteiger charge is 2.35. The Morgan fingerprint density at radius 1 is 1.08 bits per heavy atom. The molecular weight excluding hydrogens is 302 g/mol. The number of benzene rings is 2. The summed E-state index contributed by atoms with van der Waals surface area (Å²) in [6, 6.07) is 17.5. The summed E-state index contributed by atoms with van der Waals surface area (Å²) in [7, 11) is 0. The average molecular weight is 319 g/mol. The predicted octanol–water partition coefficient (Wildman–Crippen LogP) is 3.31. The van der Waals surface area contributed by atoms with Crippen LogP contribution < -0.4 is 10.1 Å². The Morgan fingerprint density at radius 3 is 2.54 bits per heavy atom. The number of carbonyl (C=O) groups excluding carboxylic acids is 1. The lowest BCUT2D eigenvalue weighted by molar-refractivity contribution is 0.0955. The van der Waals surface area contributed by atoms with Gasteiger partial charge < -0.3 is 10.1 Å². The molecule has 2 aromatic carbocycles. The summed E-state index contributed by atoms with van der Waals surface area (Å²) in [6.07, 6.45) is 0. The van der Waals surface area contributed by atoms with E-state index in [4.69, 9.17) is 4.74 Å². The van der Waals surface area contributed by atoms with Crippen LogP contribution in [0.1, 0.15) is 34.6 Å². The smallest absolute Gasteiger partial charge is 0.270 e. The van der Waals surface area contributed by atoms with E-state index >= 15 is 0 Å². The number of rotatable bonds is 4. The van der Waals surface area contributed by atoms with Gasteiger partial charge in [-0.2, -0.15) is 5.10 Å². The normalized spacial score (nSPS) is 15.9. The predicted molar refractivity (Wildman–Crippen MR) is 90.9 cm³/mol. The zero-order valence-electron chi connectivity index (χ0n) is 13.2. The topological polar surface area (TPSA) is 67.0 Å². The van der Waals surface area contributed by atoms with Gasteiger partial charge >= 0.3 is 0 Å². The fourth-order valence-electron chi connectivity index (χ4n) is 3.07. The average Bonchev–Trinajstić information content (AvgIpc) is 3.18. The van der Waals surface area contributed by atoms with Crippen LogP contribution in [-0.2, 0) is 0 Å². The number of fused-ring (bicyclic) bond motifs is 1. The van der Waals surface area contributed by atoms with E-state index in [0.29, 0.717) is 12.3 Å². The molecule has 0 saturated heterocycles. The second-order valence-electron chi connectivity index (χ2n) is 5.64. The third kappa shape index (κ3) is 2.34. The number of amides is 1. The van der Waals surface area contributed by atoms with Crippen molar-refractivity contribution in [2.45, 2.75) is 13.0 Å². The number of ether oxygens (including phenoxy) is 1. The number of nitrogens with zero attached hydrogens (tertiary/aromatic N) is 1. The van der Waals surface area contributed by atoms with Crippen molar-refractivity contribution in [3.63, 3.8) is 0 Å². The van der Waals surface area contributed by atoms with E-state index in [1.54, 1.807) is 0 Å². The van der Waals surface area contributed by atoms with Crippen molar-refractivity contribution in [2.75, 3.05) is 6.61 Å². The summed E-state index contributed by atoms with van der Waals surface area (Å²) >= 11 is 0. The van der Waals surface area contributed by atoms with Gasteiger partial charge in [0.15, 0.2) is 0 Å². The lowest BCUT2D eigenvalue weighted by atomic mass is 9.97. The SMILES string of the molecule is CCOc1ccc(-c2n[nH]c3c2C(c2ccccc2)NC3=O)cc1. The van der Waals surface area contributed by atoms with Crippen molar-refractivity contribution in [1.29, 1.82) is 0 Å². The highest BCUT2D eigenvalue weighted by Crippen LogP contribution is 2.37. The van der Waals surface area contributed by atoms with Crippen molar-refractivity contribution < 1.29 is 9.53 Å². The minimum Gasteiger partial charge on any atom is -0.494 e. The molecule has 0 aliphatic carbocycles. The van der Waals surface area contributed by atoms with Gasteiger partial charge in [0.25, 0.3) is 5.91 Å². The maximum Gasteiger partial charge on any atom is 0.270 e. The molecule has 0 bridgehead atoms. The summed E-state index contributed by atoms with van der Waals surface area (Å²) in [6.45, 7) is 2.59. The van der Waals surface area contributed by atoms with Crippen LogP contribution in [0.2, 0.25) is 0 Å². The quantitative estimate of drug-likeness (QED) is 0.775. The number of hydrogen-bond acceptors (Lipinski definition) is 3. The number of carbonyl (C=O) groups is 1. The minimum atomic E-state index is -0.186. The first-order valence-corrected chi connectivity index (χ1v) is 7.95. The zero-order valence-corrected chi connectivity index (χ0v) is 13.2. The van der Waals surface area contributed by atoms with Crippen LogP contribution in [0.25, 0.3) is 11.3 Å². The van der Waals surface area contributed by atoms with Crippen LogP contribution in [0.4, 0.5) is 0 Å². The van der Waals surface area contributed by atoms with Gasteiger partial charge in [-0.3, -0.25) is 9.89 Å². The molecule has 2 N–H and O–H groups in total. The van der Waals surface area contributed by atoms with E-state index in [1.165, 1.54) is 0 Å². The van der Waals surface area contributed by atoms with Gasteiger partial charge in [0.05, 0.1) is 18.3 Å². The lowest BCUT2D eigenvalue weighted by Crippen LogP contribution is -2.21. The Labute approximate surface area is 139 Å². The first-order valence-electron chi connectivity index (χ1n) is 7.95. The van der Waals surface area contributed by atoms with E-state index in [2.05, 4.69) is 15.5 Å². The third-order valence-corrected chi connectivity index (χ3v) is 4.17. The summed E-state index contributed by atoms with van der Waals surface area (Å²) in [5, 5.41) is 10.3. The zero-order chi connectivity index (χ0) is 16.5. The Bertz CT molecular complexity index is 869. The molecule has 5 heteroatoms. The van der Waals surface area contributed by atoms with Crippen molar-refractivity contribution in [3.05, 3.63) is 71.4 Å². The second-order valence-corrected chi connectivity index (χ2v) is 5.64. The molecule has 1 amide bonds. The highest BCUT2D eigenvalue weighted by atomic mass is 16.5. The van der Waals surface area contributed by atoms with Crippen LogP contribution in [0.15, 0.2) is 54.6 Å². The van der Waals surface area contributed by atoms with E-state index in [-0.39, 0.29) is 11.9 Å². The first-order chi connectivity index (χ1) is 11.8. The molecule has 1 aliphatic heterocycles. The summed E-state index contributed by atoms with van der Waals surface area (Å²) < 4.78 is 5.48. The fraction of sp³-hybridized carbons (Fsp3) is 0.158. The molecule has 24 heavy (non-hydrogen) atoms. The summed E-state index contributed by atoms with van der Waals surface area (Å²) in [5.41, 5.74) is 4.22. The van der Waals surface area contributed by atoms with Crippen molar-refractivity contribution in [1.82, 2.24) is 15.5 Å². The standard InChI is InChI=1S/C19H17N3O2/c1-2-24-14-10-8-13(9-11-14)17-15-16(12-6-4-3-5-7-12)20-19(23)18(15)22-21-17/h3-11,16H,2H2,1H3,(H,20,23)(H,21,22). The largest absolute Gasteiger partial charge is 0.494 e. The summed E-state index contributed by atoms with van der Waals surface area (Å²) in [5.74, 6) is 0.700. The van der Waals surface area contributed by atoms with Gasteiger partial charge in [0, 0.05) is 11.1 Å². The number of aromatic amines is 1. The number of hydrogen-bond donors (Lipinski definition) is 2. The Balaban J connectivity index is 1.77. The van der Waals surface area contributed by atoms with Gasteiger partial charge in [-0.05, 0) is 36.8 Å². The van der Waals surface area contributed by atoms with Gasteiger partial charge in [0.1, 0.15) is 11.4 Å². The molecule has 4 rings (SSSR count). The van der Waals surface area contributed by atoms with Crippen LogP contribution in [0, 0.1) is 0 Å². The molecule has 2 heterocycles. The minimum absolute atomic E-state index is 0.122.